The second kappa shape index (κ2) is 5.68. The maximum atomic E-state index is 11.5. The van der Waals surface area contributed by atoms with E-state index in [0.29, 0.717) is 10.6 Å². The van der Waals surface area contributed by atoms with E-state index < -0.39 is 5.97 Å². The van der Waals surface area contributed by atoms with Gasteiger partial charge in [0.25, 0.3) is 0 Å². The smallest absolute Gasteiger partial charge is 0.338 e. The van der Waals surface area contributed by atoms with Gasteiger partial charge in [-0.25, -0.2) is 9.78 Å². The number of rotatable bonds is 3. The van der Waals surface area contributed by atoms with Crippen LogP contribution in [0.15, 0.2) is 23.2 Å². The molecule has 1 heterocycles. The van der Waals surface area contributed by atoms with Gasteiger partial charge < -0.3 is 5.11 Å². The quantitative estimate of drug-likeness (QED) is 0.838. The molecule has 0 bridgehead atoms. The zero-order valence-electron chi connectivity index (χ0n) is 13.2. The highest BCUT2D eigenvalue weighted by atomic mass is 32.2. The Morgan fingerprint density at radius 3 is 2.52 bits per heavy atom. The largest absolute Gasteiger partial charge is 0.478 e. The summed E-state index contributed by atoms with van der Waals surface area (Å²) in [6.45, 7) is 10.4. The van der Waals surface area contributed by atoms with E-state index in [9.17, 15) is 9.90 Å². The summed E-state index contributed by atoms with van der Waals surface area (Å²) in [4.78, 5) is 16.1. The van der Waals surface area contributed by atoms with Crippen molar-refractivity contribution < 1.29 is 9.90 Å². The van der Waals surface area contributed by atoms with E-state index in [2.05, 4.69) is 37.9 Å². The normalized spacial score (nSPS) is 11.9. The molecule has 0 unspecified atom stereocenters. The van der Waals surface area contributed by atoms with Gasteiger partial charge >= 0.3 is 5.97 Å². The van der Waals surface area contributed by atoms with Crippen LogP contribution in [0, 0.1) is 6.92 Å². The molecule has 0 aliphatic carbocycles. The summed E-state index contributed by atoms with van der Waals surface area (Å²) in [6, 6.07) is 6.13. The number of hydrogen-bond acceptors (Lipinski definition) is 3. The number of nitrogens with zero attached hydrogens (tertiary/aromatic N) is 1. The van der Waals surface area contributed by atoms with Crippen molar-refractivity contribution in [2.24, 2.45) is 0 Å². The van der Waals surface area contributed by atoms with Gasteiger partial charge in [0, 0.05) is 5.39 Å². The Balaban J connectivity index is 2.76. The lowest BCUT2D eigenvalue weighted by Crippen LogP contribution is -2.11. The second-order valence-electron chi connectivity index (χ2n) is 6.14. The molecule has 0 aliphatic heterocycles. The molecule has 0 saturated carbocycles. The summed E-state index contributed by atoms with van der Waals surface area (Å²) < 4.78 is 0. The SMILES string of the molecule is CCSc1nc2cc(C(C)(C)C)ccc2c(C)c1C(=O)O. The lowest BCUT2D eigenvalue weighted by atomic mass is 9.86. The van der Waals surface area contributed by atoms with Crippen molar-refractivity contribution in [3.05, 3.63) is 34.9 Å². The van der Waals surface area contributed by atoms with Gasteiger partial charge in [-0.05, 0) is 35.3 Å². The Morgan fingerprint density at radius 1 is 1.33 bits per heavy atom. The molecule has 0 spiro atoms. The molecule has 2 aromatic rings. The number of carboxylic acids is 1. The average Bonchev–Trinajstić information content (AvgIpc) is 2.37. The summed E-state index contributed by atoms with van der Waals surface area (Å²) >= 11 is 1.48. The van der Waals surface area contributed by atoms with E-state index in [0.717, 1.165) is 22.2 Å². The van der Waals surface area contributed by atoms with Crippen LogP contribution in [0.5, 0.6) is 0 Å². The molecular formula is C17H21NO2S. The molecule has 0 saturated heterocycles. The molecule has 4 heteroatoms. The van der Waals surface area contributed by atoms with Gasteiger partial charge in [-0.15, -0.1) is 11.8 Å². The first-order valence-electron chi connectivity index (χ1n) is 7.06. The molecule has 21 heavy (non-hydrogen) atoms. The van der Waals surface area contributed by atoms with Crippen LogP contribution in [0.25, 0.3) is 10.9 Å². The molecule has 1 aromatic heterocycles. The molecule has 2 rings (SSSR count). The van der Waals surface area contributed by atoms with Gasteiger partial charge in [0.05, 0.1) is 11.1 Å². The van der Waals surface area contributed by atoms with Crippen LogP contribution < -0.4 is 0 Å². The highest BCUT2D eigenvalue weighted by molar-refractivity contribution is 7.99. The van der Waals surface area contributed by atoms with Crippen LogP contribution in [0.3, 0.4) is 0 Å². The molecule has 0 radical (unpaired) electrons. The predicted molar refractivity (Wildman–Crippen MR) is 88.5 cm³/mol. The van der Waals surface area contributed by atoms with Crippen LogP contribution in [0.4, 0.5) is 0 Å². The van der Waals surface area contributed by atoms with E-state index in [4.69, 9.17) is 0 Å². The summed E-state index contributed by atoms with van der Waals surface area (Å²) in [7, 11) is 0. The molecule has 0 atom stereocenters. The Labute approximate surface area is 129 Å². The van der Waals surface area contributed by atoms with Crippen molar-refractivity contribution in [3.8, 4) is 0 Å². The number of benzene rings is 1. The third-order valence-electron chi connectivity index (χ3n) is 3.57. The van der Waals surface area contributed by atoms with Crippen molar-refractivity contribution in [1.82, 2.24) is 4.98 Å². The molecular weight excluding hydrogens is 282 g/mol. The first kappa shape index (κ1) is 15.8. The zero-order valence-corrected chi connectivity index (χ0v) is 14.0. The number of hydrogen-bond donors (Lipinski definition) is 1. The fourth-order valence-corrected chi connectivity index (χ4v) is 3.18. The third kappa shape index (κ3) is 3.05. The summed E-state index contributed by atoms with van der Waals surface area (Å²) in [5, 5.41) is 11.0. The van der Waals surface area contributed by atoms with Crippen molar-refractivity contribution >= 4 is 28.6 Å². The monoisotopic (exact) mass is 303 g/mol. The van der Waals surface area contributed by atoms with E-state index in [1.807, 2.05) is 19.9 Å². The minimum Gasteiger partial charge on any atom is -0.478 e. The number of pyridine rings is 1. The van der Waals surface area contributed by atoms with Crippen LogP contribution >= 0.6 is 11.8 Å². The minimum atomic E-state index is -0.905. The molecule has 1 aromatic carbocycles. The molecule has 112 valence electrons. The lowest BCUT2D eigenvalue weighted by Gasteiger charge is -2.20. The fourth-order valence-electron chi connectivity index (χ4n) is 2.36. The summed E-state index contributed by atoms with van der Waals surface area (Å²) in [6.07, 6.45) is 0. The van der Waals surface area contributed by atoms with E-state index in [1.54, 1.807) is 0 Å². The highest BCUT2D eigenvalue weighted by Gasteiger charge is 2.20. The van der Waals surface area contributed by atoms with Crippen LogP contribution in [0.2, 0.25) is 0 Å². The van der Waals surface area contributed by atoms with E-state index in [1.165, 1.54) is 17.3 Å². The van der Waals surface area contributed by atoms with Gasteiger partial charge in [0.15, 0.2) is 0 Å². The molecule has 1 N–H and O–H groups in total. The van der Waals surface area contributed by atoms with Crippen LogP contribution in [-0.4, -0.2) is 21.8 Å². The fraction of sp³-hybridized carbons (Fsp3) is 0.412. The second-order valence-corrected chi connectivity index (χ2v) is 7.39. The number of carboxylic acid groups (broad SMARTS) is 1. The molecule has 0 amide bonds. The third-order valence-corrected chi connectivity index (χ3v) is 4.43. The lowest BCUT2D eigenvalue weighted by molar-refractivity contribution is 0.0691. The van der Waals surface area contributed by atoms with Gasteiger partial charge in [-0.1, -0.05) is 39.8 Å². The number of aromatic nitrogens is 1. The Bertz CT molecular complexity index is 702. The maximum Gasteiger partial charge on any atom is 0.338 e. The van der Waals surface area contributed by atoms with Crippen LogP contribution in [-0.2, 0) is 5.41 Å². The Kier molecular flexibility index (Phi) is 4.28. The number of carbonyl (C=O) groups is 1. The number of fused-ring (bicyclic) bond motifs is 1. The van der Waals surface area contributed by atoms with Gasteiger partial charge in [0.1, 0.15) is 5.03 Å². The molecule has 0 fully saturated rings. The zero-order chi connectivity index (χ0) is 15.8. The van der Waals surface area contributed by atoms with E-state index in [-0.39, 0.29) is 5.41 Å². The Morgan fingerprint density at radius 2 is 2.00 bits per heavy atom. The summed E-state index contributed by atoms with van der Waals surface area (Å²) in [5.41, 5.74) is 3.26. The molecule has 0 aliphatic rings. The standard InChI is InChI=1S/C17H21NO2S/c1-6-21-15-14(16(19)20)10(2)12-8-7-11(17(3,4)5)9-13(12)18-15/h7-9H,6H2,1-5H3,(H,19,20). The van der Waals surface area contributed by atoms with Crippen molar-refractivity contribution in [3.63, 3.8) is 0 Å². The first-order chi connectivity index (χ1) is 9.75. The van der Waals surface area contributed by atoms with Crippen molar-refractivity contribution in [2.45, 2.75) is 45.1 Å². The molecule has 3 nitrogen and oxygen atoms in total. The average molecular weight is 303 g/mol. The van der Waals surface area contributed by atoms with Crippen LogP contribution in [0.1, 0.15) is 49.2 Å². The highest BCUT2D eigenvalue weighted by Crippen LogP contribution is 2.32. The first-order valence-corrected chi connectivity index (χ1v) is 8.05. The van der Waals surface area contributed by atoms with Crippen molar-refractivity contribution in [1.29, 1.82) is 0 Å². The number of aryl methyl sites for hydroxylation is 1. The van der Waals surface area contributed by atoms with Gasteiger partial charge in [0.2, 0.25) is 0 Å². The number of aromatic carboxylic acids is 1. The van der Waals surface area contributed by atoms with E-state index >= 15 is 0 Å². The minimum absolute atomic E-state index is 0.0489. The Hall–Kier alpha value is -1.55. The summed E-state index contributed by atoms with van der Waals surface area (Å²) in [5.74, 6) is -0.102. The topological polar surface area (TPSA) is 50.2 Å². The van der Waals surface area contributed by atoms with Gasteiger partial charge in [-0.3, -0.25) is 0 Å². The van der Waals surface area contributed by atoms with Crippen molar-refractivity contribution in [2.75, 3.05) is 5.75 Å². The number of thioether (sulfide) groups is 1. The maximum absolute atomic E-state index is 11.5. The van der Waals surface area contributed by atoms with Gasteiger partial charge in [-0.2, -0.15) is 0 Å². The predicted octanol–water partition coefficient (Wildman–Crippen LogP) is 4.65.